The Morgan fingerprint density at radius 3 is 2.45 bits per heavy atom. The van der Waals surface area contributed by atoms with E-state index in [-0.39, 0.29) is 29.8 Å². The van der Waals surface area contributed by atoms with E-state index in [0.29, 0.717) is 22.3 Å². The molecule has 0 spiro atoms. The number of aromatic nitrogens is 1. The fourth-order valence-electron chi connectivity index (χ4n) is 3.94. The molecule has 5 nitrogen and oxygen atoms in total. The van der Waals surface area contributed by atoms with Gasteiger partial charge in [0, 0.05) is 30.0 Å². The number of benzene rings is 2. The van der Waals surface area contributed by atoms with Crippen LogP contribution < -0.4 is 10.2 Å². The van der Waals surface area contributed by atoms with E-state index in [4.69, 9.17) is 9.15 Å². The maximum Gasteiger partial charge on any atom is 0.450 e. The summed E-state index contributed by atoms with van der Waals surface area (Å²) >= 11 is 3.26. The second kappa shape index (κ2) is 8.31. The lowest BCUT2D eigenvalue weighted by Gasteiger charge is -2.29. The highest BCUT2D eigenvalue weighted by Gasteiger charge is 2.40. The first-order valence-electron chi connectivity index (χ1n) is 10.0. The topological polar surface area (TPSA) is 55.6 Å². The Morgan fingerprint density at radius 2 is 1.76 bits per heavy atom. The first-order chi connectivity index (χ1) is 15.8. The third-order valence-electron chi connectivity index (χ3n) is 5.45. The van der Waals surface area contributed by atoms with Crippen molar-refractivity contribution in [3.8, 4) is 16.9 Å². The highest BCUT2D eigenvalue weighted by atomic mass is 79.9. The van der Waals surface area contributed by atoms with Gasteiger partial charge in [-0.2, -0.15) is 13.2 Å². The van der Waals surface area contributed by atoms with Crippen LogP contribution in [0.1, 0.15) is 16.9 Å². The molecule has 0 saturated carbocycles. The second-order valence-electron chi connectivity index (χ2n) is 7.67. The summed E-state index contributed by atoms with van der Waals surface area (Å²) in [5.41, 5.74) is 0.178. The number of fused-ring (bicyclic) bond motifs is 3. The van der Waals surface area contributed by atoms with Crippen molar-refractivity contribution in [2.24, 2.45) is 0 Å². The van der Waals surface area contributed by atoms with Gasteiger partial charge in [0.2, 0.25) is 11.2 Å². The van der Waals surface area contributed by atoms with Gasteiger partial charge in [-0.15, -0.1) is 0 Å². The highest BCUT2D eigenvalue weighted by molar-refractivity contribution is 9.10. The molecular formula is C24H16BrF3N2O3. The lowest BCUT2D eigenvalue weighted by molar-refractivity contribution is -0.152. The van der Waals surface area contributed by atoms with E-state index in [1.54, 1.807) is 30.6 Å². The van der Waals surface area contributed by atoms with E-state index < -0.39 is 22.9 Å². The van der Waals surface area contributed by atoms with Gasteiger partial charge in [0.1, 0.15) is 18.1 Å². The molecule has 0 atom stereocenters. The minimum atomic E-state index is -4.86. The molecule has 0 aliphatic carbocycles. The zero-order valence-corrected chi connectivity index (χ0v) is 18.6. The Hall–Kier alpha value is -3.17. The largest absolute Gasteiger partial charge is 0.478 e. The fourth-order valence-corrected chi connectivity index (χ4v) is 4.20. The summed E-state index contributed by atoms with van der Waals surface area (Å²) in [5, 5.41) is 0.0778. The molecule has 5 rings (SSSR count). The molecule has 1 aliphatic heterocycles. The summed E-state index contributed by atoms with van der Waals surface area (Å²) in [7, 11) is 0. The Balaban J connectivity index is 1.66. The third-order valence-corrected chi connectivity index (χ3v) is 5.98. The molecule has 0 unspecified atom stereocenters. The van der Waals surface area contributed by atoms with Crippen molar-refractivity contribution in [1.29, 1.82) is 0 Å². The van der Waals surface area contributed by atoms with Gasteiger partial charge in [0.15, 0.2) is 0 Å². The summed E-state index contributed by atoms with van der Waals surface area (Å²) in [6.45, 7) is 1.03. The molecule has 0 saturated heterocycles. The van der Waals surface area contributed by atoms with Crippen LogP contribution in [0.2, 0.25) is 0 Å². The van der Waals surface area contributed by atoms with Crippen LogP contribution in [0.15, 0.2) is 74.6 Å². The SMILES string of the molecule is O=c1c(-c2ccc(Br)cc2)c(C(F)(F)F)oc2c3c(ccc12)OCN(Cc1ccncc1)C3. The van der Waals surface area contributed by atoms with Crippen LogP contribution in [0.25, 0.3) is 22.1 Å². The zero-order valence-electron chi connectivity index (χ0n) is 17.0. The summed E-state index contributed by atoms with van der Waals surface area (Å²) < 4.78 is 54.0. The number of hydrogen-bond acceptors (Lipinski definition) is 5. The predicted molar refractivity (Wildman–Crippen MR) is 120 cm³/mol. The number of rotatable bonds is 3. The van der Waals surface area contributed by atoms with Crippen molar-refractivity contribution < 1.29 is 22.3 Å². The number of hydrogen-bond donors (Lipinski definition) is 0. The quantitative estimate of drug-likeness (QED) is 0.334. The van der Waals surface area contributed by atoms with Crippen LogP contribution in [-0.4, -0.2) is 16.6 Å². The van der Waals surface area contributed by atoms with Crippen molar-refractivity contribution in [1.82, 2.24) is 9.88 Å². The van der Waals surface area contributed by atoms with Crippen LogP contribution in [0.3, 0.4) is 0 Å². The standard InChI is InChI=1S/C24H16BrF3N2O3/c25-16-3-1-15(2-4-16)20-21(31)17-5-6-19-18(22(17)33-23(20)24(26,27)28)12-30(13-32-19)11-14-7-9-29-10-8-14/h1-10H,11-13H2. The van der Waals surface area contributed by atoms with Crippen LogP contribution >= 0.6 is 15.9 Å². The fraction of sp³-hybridized carbons (Fsp3) is 0.167. The van der Waals surface area contributed by atoms with Gasteiger partial charge < -0.3 is 9.15 Å². The molecule has 168 valence electrons. The van der Waals surface area contributed by atoms with Crippen LogP contribution in [-0.2, 0) is 19.3 Å². The van der Waals surface area contributed by atoms with Crippen LogP contribution in [0.5, 0.6) is 5.75 Å². The van der Waals surface area contributed by atoms with E-state index in [9.17, 15) is 18.0 Å². The van der Waals surface area contributed by atoms with E-state index in [0.717, 1.165) is 5.56 Å². The van der Waals surface area contributed by atoms with E-state index in [1.807, 2.05) is 17.0 Å². The lowest BCUT2D eigenvalue weighted by atomic mass is 10.00. The minimum Gasteiger partial charge on any atom is -0.478 e. The van der Waals surface area contributed by atoms with Gasteiger partial charge in [-0.1, -0.05) is 28.1 Å². The second-order valence-corrected chi connectivity index (χ2v) is 8.59. The predicted octanol–water partition coefficient (Wildman–Crippen LogP) is 5.99. The van der Waals surface area contributed by atoms with Crippen LogP contribution in [0, 0.1) is 0 Å². The number of pyridine rings is 1. The van der Waals surface area contributed by atoms with Crippen LogP contribution in [0.4, 0.5) is 13.2 Å². The number of ether oxygens (including phenoxy) is 1. The smallest absolute Gasteiger partial charge is 0.450 e. The van der Waals surface area contributed by atoms with Crippen molar-refractivity contribution in [3.05, 3.63) is 92.5 Å². The molecule has 3 heterocycles. The average molecular weight is 517 g/mol. The minimum absolute atomic E-state index is 0.0778. The van der Waals surface area contributed by atoms with E-state index >= 15 is 0 Å². The molecule has 33 heavy (non-hydrogen) atoms. The Labute approximate surface area is 194 Å². The third kappa shape index (κ3) is 4.14. The van der Waals surface area contributed by atoms with Gasteiger partial charge in [0.25, 0.3) is 0 Å². The molecule has 4 aromatic rings. The van der Waals surface area contributed by atoms with Crippen molar-refractivity contribution >= 4 is 26.9 Å². The van der Waals surface area contributed by atoms with Crippen molar-refractivity contribution in [2.45, 2.75) is 19.3 Å². The van der Waals surface area contributed by atoms with E-state index in [1.165, 1.54) is 18.2 Å². The molecule has 0 radical (unpaired) electrons. The normalized spacial score (nSPS) is 14.2. The molecule has 1 aliphatic rings. The first kappa shape index (κ1) is 21.7. The molecular weight excluding hydrogens is 501 g/mol. The summed E-state index contributed by atoms with van der Waals surface area (Å²) in [4.78, 5) is 19.2. The zero-order chi connectivity index (χ0) is 23.2. The van der Waals surface area contributed by atoms with Crippen molar-refractivity contribution in [3.63, 3.8) is 0 Å². The molecule has 0 N–H and O–H groups in total. The average Bonchev–Trinajstić information content (AvgIpc) is 2.79. The van der Waals surface area contributed by atoms with Gasteiger partial charge in [0.05, 0.1) is 16.5 Å². The molecule has 2 aromatic carbocycles. The highest BCUT2D eigenvalue weighted by Crippen LogP contribution is 2.40. The van der Waals surface area contributed by atoms with Gasteiger partial charge in [-0.05, 0) is 47.5 Å². The molecule has 2 aromatic heterocycles. The number of halogens is 4. The number of nitrogens with zero attached hydrogens (tertiary/aromatic N) is 2. The molecule has 0 amide bonds. The maximum absolute atomic E-state index is 14.0. The van der Waals surface area contributed by atoms with Gasteiger partial charge >= 0.3 is 6.18 Å². The summed E-state index contributed by atoms with van der Waals surface area (Å²) in [6.07, 6.45) is -1.52. The monoisotopic (exact) mass is 516 g/mol. The van der Waals surface area contributed by atoms with E-state index in [2.05, 4.69) is 20.9 Å². The number of alkyl halides is 3. The van der Waals surface area contributed by atoms with Crippen molar-refractivity contribution in [2.75, 3.05) is 6.73 Å². The maximum atomic E-state index is 14.0. The Kier molecular flexibility index (Phi) is 5.46. The first-order valence-corrected chi connectivity index (χ1v) is 10.8. The van der Waals surface area contributed by atoms with Gasteiger partial charge in [-0.25, -0.2) is 0 Å². The summed E-state index contributed by atoms with van der Waals surface area (Å²) in [5.74, 6) is -0.914. The Bertz CT molecular complexity index is 1390. The summed E-state index contributed by atoms with van der Waals surface area (Å²) in [6, 6.07) is 12.8. The molecule has 0 bridgehead atoms. The van der Waals surface area contributed by atoms with Gasteiger partial charge in [-0.3, -0.25) is 14.7 Å². The Morgan fingerprint density at radius 1 is 1.03 bits per heavy atom. The lowest BCUT2D eigenvalue weighted by Crippen LogP contribution is -2.32. The molecule has 9 heteroatoms. The molecule has 0 fully saturated rings.